The van der Waals surface area contributed by atoms with E-state index in [1.807, 2.05) is 0 Å². The fourth-order valence-corrected chi connectivity index (χ4v) is 1.73. The fourth-order valence-electron chi connectivity index (χ4n) is 1.73. The van der Waals surface area contributed by atoms with Gasteiger partial charge in [-0.05, 0) is 12.0 Å². The second kappa shape index (κ2) is 6.04. The second-order valence-electron chi connectivity index (χ2n) is 4.67. The van der Waals surface area contributed by atoms with E-state index < -0.39 is 36.8 Å². The topological polar surface area (TPSA) is 17.1 Å². The van der Waals surface area contributed by atoms with Gasteiger partial charge in [0, 0.05) is 12.0 Å². The zero-order valence-electron chi connectivity index (χ0n) is 11.1. The van der Waals surface area contributed by atoms with Gasteiger partial charge in [0.1, 0.15) is 6.29 Å². The van der Waals surface area contributed by atoms with E-state index in [1.165, 1.54) is 12.1 Å². The molecule has 1 aromatic rings. The summed E-state index contributed by atoms with van der Waals surface area (Å²) in [5, 5.41) is 0. The van der Waals surface area contributed by atoms with E-state index >= 15 is 0 Å². The van der Waals surface area contributed by atoms with Gasteiger partial charge in [0.25, 0.3) is 0 Å². The van der Waals surface area contributed by atoms with E-state index in [9.17, 15) is 44.3 Å². The Morgan fingerprint density at radius 3 is 1.83 bits per heavy atom. The Labute approximate surface area is 124 Å². The molecule has 0 amide bonds. The third kappa shape index (κ3) is 3.45. The molecule has 130 valence electrons. The molecule has 0 aromatic heterocycles. The molecule has 0 atom stereocenters. The lowest BCUT2D eigenvalue weighted by Gasteiger charge is -2.33. The standard InChI is InChI=1S/C13H9F9O/c14-10(15,11(16,17)12(18,19)13(20,21)22)6-5-8-3-1-2-4-9(8)7-23/h1-4,7H,5-6H2. The number of carbonyl (C=O) groups is 1. The lowest BCUT2D eigenvalue weighted by molar-refractivity contribution is -0.396. The van der Waals surface area contributed by atoms with Gasteiger partial charge in [-0.25, -0.2) is 0 Å². The lowest BCUT2D eigenvalue weighted by Crippen LogP contribution is -2.60. The van der Waals surface area contributed by atoms with Gasteiger partial charge in [-0.3, -0.25) is 4.79 Å². The maximum atomic E-state index is 13.3. The van der Waals surface area contributed by atoms with Crippen LogP contribution in [0.25, 0.3) is 0 Å². The summed E-state index contributed by atoms with van der Waals surface area (Å²) < 4.78 is 114. The summed E-state index contributed by atoms with van der Waals surface area (Å²) in [5.74, 6) is -19.2. The Hall–Kier alpha value is -1.74. The minimum absolute atomic E-state index is 0.158. The molecule has 0 unspecified atom stereocenters. The van der Waals surface area contributed by atoms with Crippen LogP contribution in [0.4, 0.5) is 39.5 Å². The third-order valence-corrected chi connectivity index (χ3v) is 3.10. The van der Waals surface area contributed by atoms with Crippen LogP contribution < -0.4 is 0 Å². The molecule has 0 fully saturated rings. The predicted octanol–water partition coefficient (Wildman–Crippen LogP) is 4.90. The van der Waals surface area contributed by atoms with Crippen molar-refractivity contribution in [2.75, 3.05) is 0 Å². The molecule has 1 rings (SSSR count). The molecule has 1 aromatic carbocycles. The summed E-state index contributed by atoms with van der Waals surface area (Å²) in [6.45, 7) is 0. The molecule has 0 N–H and O–H groups in total. The number of benzene rings is 1. The van der Waals surface area contributed by atoms with Crippen molar-refractivity contribution in [2.24, 2.45) is 0 Å². The Morgan fingerprint density at radius 1 is 0.826 bits per heavy atom. The number of halogens is 9. The van der Waals surface area contributed by atoms with E-state index in [2.05, 4.69) is 0 Å². The first-order chi connectivity index (χ1) is 10.3. The molecule has 0 bridgehead atoms. The van der Waals surface area contributed by atoms with Gasteiger partial charge in [-0.15, -0.1) is 0 Å². The highest BCUT2D eigenvalue weighted by molar-refractivity contribution is 5.77. The molecule has 0 spiro atoms. The number of carbonyl (C=O) groups excluding carboxylic acids is 1. The van der Waals surface area contributed by atoms with Crippen LogP contribution >= 0.6 is 0 Å². The zero-order chi connectivity index (χ0) is 18.1. The molecule has 0 saturated heterocycles. The minimum Gasteiger partial charge on any atom is -0.298 e. The average Bonchev–Trinajstić information content (AvgIpc) is 2.43. The van der Waals surface area contributed by atoms with E-state index in [0.29, 0.717) is 0 Å². The van der Waals surface area contributed by atoms with Crippen molar-refractivity contribution in [1.82, 2.24) is 0 Å². The summed E-state index contributed by atoms with van der Waals surface area (Å²) in [4.78, 5) is 10.6. The molecule has 0 heterocycles. The smallest absolute Gasteiger partial charge is 0.298 e. The van der Waals surface area contributed by atoms with Crippen LogP contribution in [-0.2, 0) is 6.42 Å². The highest BCUT2D eigenvalue weighted by Crippen LogP contribution is 2.54. The maximum Gasteiger partial charge on any atom is 0.460 e. The maximum absolute atomic E-state index is 13.3. The molecule has 0 saturated carbocycles. The van der Waals surface area contributed by atoms with E-state index in [0.717, 1.165) is 12.1 Å². The Morgan fingerprint density at radius 2 is 1.35 bits per heavy atom. The van der Waals surface area contributed by atoms with E-state index in [1.54, 1.807) is 0 Å². The molecule has 0 radical (unpaired) electrons. The van der Waals surface area contributed by atoms with E-state index in [4.69, 9.17) is 0 Å². The summed E-state index contributed by atoms with van der Waals surface area (Å²) in [7, 11) is 0. The fraction of sp³-hybridized carbons (Fsp3) is 0.462. The summed E-state index contributed by atoms with van der Waals surface area (Å²) in [6, 6.07) is 4.85. The van der Waals surface area contributed by atoms with Crippen LogP contribution in [0.1, 0.15) is 22.3 Å². The van der Waals surface area contributed by atoms with Crippen LogP contribution in [0, 0.1) is 0 Å². The van der Waals surface area contributed by atoms with Crippen LogP contribution in [0.15, 0.2) is 24.3 Å². The molecule has 0 aliphatic rings. The van der Waals surface area contributed by atoms with Gasteiger partial charge in [-0.1, -0.05) is 24.3 Å². The highest BCUT2D eigenvalue weighted by atomic mass is 19.4. The Kier molecular flexibility index (Phi) is 5.07. The Bertz CT molecular complexity index is 563. The molecule has 10 heteroatoms. The van der Waals surface area contributed by atoms with Gasteiger partial charge in [-0.2, -0.15) is 39.5 Å². The second-order valence-corrected chi connectivity index (χ2v) is 4.67. The number of rotatable bonds is 6. The molecule has 0 aliphatic heterocycles. The van der Waals surface area contributed by atoms with Gasteiger partial charge < -0.3 is 0 Å². The van der Waals surface area contributed by atoms with Crippen LogP contribution in [0.3, 0.4) is 0 Å². The molecule has 0 aliphatic carbocycles. The number of hydrogen-bond donors (Lipinski definition) is 0. The first-order valence-corrected chi connectivity index (χ1v) is 6.01. The van der Waals surface area contributed by atoms with Crippen molar-refractivity contribution in [3.63, 3.8) is 0 Å². The van der Waals surface area contributed by atoms with Crippen molar-refractivity contribution in [3.05, 3.63) is 35.4 Å². The molecular weight excluding hydrogens is 343 g/mol. The average molecular weight is 352 g/mol. The minimum atomic E-state index is -6.90. The summed E-state index contributed by atoms with van der Waals surface area (Å²) in [6.07, 6.45) is -9.58. The first kappa shape index (κ1) is 19.3. The number of alkyl halides is 9. The largest absolute Gasteiger partial charge is 0.460 e. The monoisotopic (exact) mass is 352 g/mol. The van der Waals surface area contributed by atoms with Crippen LogP contribution in [0.2, 0.25) is 0 Å². The zero-order valence-corrected chi connectivity index (χ0v) is 11.1. The lowest BCUT2D eigenvalue weighted by atomic mass is 9.95. The first-order valence-electron chi connectivity index (χ1n) is 6.01. The van der Waals surface area contributed by atoms with Crippen molar-refractivity contribution in [3.8, 4) is 0 Å². The molecular formula is C13H9F9O. The number of hydrogen-bond acceptors (Lipinski definition) is 1. The van der Waals surface area contributed by atoms with Crippen molar-refractivity contribution in [1.29, 1.82) is 0 Å². The SMILES string of the molecule is O=Cc1ccccc1CCC(F)(F)C(F)(F)C(F)(F)C(F)(F)F. The Balaban J connectivity index is 3.04. The van der Waals surface area contributed by atoms with Crippen LogP contribution in [0.5, 0.6) is 0 Å². The predicted molar refractivity (Wildman–Crippen MR) is 61.0 cm³/mol. The van der Waals surface area contributed by atoms with Gasteiger partial charge in [0.05, 0.1) is 0 Å². The third-order valence-electron chi connectivity index (χ3n) is 3.10. The molecule has 1 nitrogen and oxygen atoms in total. The summed E-state index contributed by atoms with van der Waals surface area (Å²) >= 11 is 0. The molecule has 23 heavy (non-hydrogen) atoms. The summed E-state index contributed by atoms with van der Waals surface area (Å²) in [5.41, 5.74) is -0.331. The van der Waals surface area contributed by atoms with E-state index in [-0.39, 0.29) is 17.4 Å². The quantitative estimate of drug-likeness (QED) is 0.526. The van der Waals surface area contributed by atoms with Crippen molar-refractivity contribution >= 4 is 6.29 Å². The normalized spacial score (nSPS) is 14.0. The van der Waals surface area contributed by atoms with Crippen molar-refractivity contribution < 1.29 is 44.3 Å². The van der Waals surface area contributed by atoms with Gasteiger partial charge in [0.15, 0.2) is 0 Å². The van der Waals surface area contributed by atoms with Crippen LogP contribution in [-0.4, -0.2) is 30.2 Å². The number of aryl methyl sites for hydroxylation is 1. The highest BCUT2D eigenvalue weighted by Gasteiger charge is 2.81. The van der Waals surface area contributed by atoms with Crippen molar-refractivity contribution in [2.45, 2.75) is 36.8 Å². The van der Waals surface area contributed by atoms with Gasteiger partial charge in [0.2, 0.25) is 0 Å². The van der Waals surface area contributed by atoms with Gasteiger partial charge >= 0.3 is 23.9 Å². The number of aldehydes is 1.